The molecular weight excluding hydrogens is 126 g/mol. The molecule has 0 saturated carbocycles. The van der Waals surface area contributed by atoms with E-state index in [1.165, 1.54) is 25.7 Å². The monoisotopic (exact) mass is 143 g/mol. The van der Waals surface area contributed by atoms with Crippen LogP contribution in [0.15, 0.2) is 0 Å². The van der Waals surface area contributed by atoms with Gasteiger partial charge in [-0.1, -0.05) is 12.8 Å². The molecule has 0 amide bonds. The zero-order valence-electron chi connectivity index (χ0n) is 6.71. The second-order valence-corrected chi connectivity index (χ2v) is 2.94. The molecule has 1 aliphatic heterocycles. The quantitative estimate of drug-likeness (QED) is 0.430. The van der Waals surface area contributed by atoms with Crippen LogP contribution >= 0.6 is 0 Å². The maximum Gasteiger partial charge on any atom is 0.0174 e. The van der Waals surface area contributed by atoms with Crippen LogP contribution in [0.4, 0.5) is 0 Å². The number of nitrogens with zero attached hydrogens (tertiary/aromatic N) is 2. The molecule has 10 heavy (non-hydrogen) atoms. The van der Waals surface area contributed by atoms with Gasteiger partial charge in [-0.05, 0) is 12.8 Å². The first kappa shape index (κ1) is 7.98. The van der Waals surface area contributed by atoms with Gasteiger partial charge in [0.2, 0.25) is 0 Å². The first-order valence-corrected chi connectivity index (χ1v) is 4.04. The third kappa shape index (κ3) is 2.25. The molecule has 1 fully saturated rings. The second kappa shape index (κ2) is 3.91. The standard InChI is InChI=1S/C7H17N3/c1-9(8)10-6-4-2-3-5-7-10/h2-8H2,1H3. The van der Waals surface area contributed by atoms with Gasteiger partial charge >= 0.3 is 0 Å². The van der Waals surface area contributed by atoms with E-state index >= 15 is 0 Å². The fourth-order valence-corrected chi connectivity index (χ4v) is 1.37. The average Bonchev–Trinajstić information content (AvgIpc) is 2.12. The summed E-state index contributed by atoms with van der Waals surface area (Å²) in [5, 5.41) is 3.92. The Kier molecular flexibility index (Phi) is 3.12. The highest BCUT2D eigenvalue weighted by Crippen LogP contribution is 2.08. The molecule has 1 rings (SSSR count). The third-order valence-electron chi connectivity index (χ3n) is 2.03. The minimum absolute atomic E-state index is 1.13. The van der Waals surface area contributed by atoms with E-state index in [2.05, 4.69) is 5.01 Å². The molecule has 3 heteroatoms. The predicted molar refractivity (Wildman–Crippen MR) is 42.0 cm³/mol. The van der Waals surface area contributed by atoms with Crippen molar-refractivity contribution in [2.75, 3.05) is 20.1 Å². The summed E-state index contributed by atoms with van der Waals surface area (Å²) in [6.07, 6.45) is 5.32. The van der Waals surface area contributed by atoms with Crippen LogP contribution in [-0.2, 0) is 0 Å². The van der Waals surface area contributed by atoms with Crippen LogP contribution in [-0.4, -0.2) is 30.3 Å². The normalized spacial score (nSPS) is 23.1. The van der Waals surface area contributed by atoms with E-state index in [9.17, 15) is 0 Å². The Labute approximate surface area is 62.7 Å². The molecule has 3 nitrogen and oxygen atoms in total. The van der Waals surface area contributed by atoms with E-state index in [0.29, 0.717) is 0 Å². The van der Waals surface area contributed by atoms with Crippen LogP contribution < -0.4 is 5.84 Å². The van der Waals surface area contributed by atoms with Crippen LogP contribution in [0.5, 0.6) is 0 Å². The zero-order chi connectivity index (χ0) is 7.40. The largest absolute Gasteiger partial charge is 0.255 e. The Morgan fingerprint density at radius 2 is 1.60 bits per heavy atom. The van der Waals surface area contributed by atoms with Crippen molar-refractivity contribution in [3.8, 4) is 0 Å². The molecule has 0 bridgehead atoms. The molecule has 0 atom stereocenters. The fourth-order valence-electron chi connectivity index (χ4n) is 1.37. The van der Waals surface area contributed by atoms with Gasteiger partial charge in [0.25, 0.3) is 0 Å². The SMILES string of the molecule is CN(N)N1CCCCCC1. The number of rotatable bonds is 1. The van der Waals surface area contributed by atoms with E-state index in [4.69, 9.17) is 5.84 Å². The summed E-state index contributed by atoms with van der Waals surface area (Å²) in [6.45, 7) is 2.26. The van der Waals surface area contributed by atoms with E-state index in [-0.39, 0.29) is 0 Å². The number of nitrogens with two attached hydrogens (primary N) is 1. The van der Waals surface area contributed by atoms with Gasteiger partial charge < -0.3 is 0 Å². The summed E-state index contributed by atoms with van der Waals surface area (Å²) in [5.74, 6) is 5.60. The predicted octanol–water partition coefficient (Wildman–Crippen LogP) is 0.583. The summed E-state index contributed by atoms with van der Waals surface area (Å²) in [5.41, 5.74) is 0. The molecule has 60 valence electrons. The number of hydrogen-bond donors (Lipinski definition) is 1. The molecule has 0 aliphatic carbocycles. The summed E-state index contributed by atoms with van der Waals surface area (Å²) in [7, 11) is 1.91. The Balaban J connectivity index is 2.28. The first-order chi connectivity index (χ1) is 4.80. The lowest BCUT2D eigenvalue weighted by molar-refractivity contribution is 0.00210. The van der Waals surface area contributed by atoms with Crippen molar-refractivity contribution in [3.05, 3.63) is 0 Å². The van der Waals surface area contributed by atoms with Crippen molar-refractivity contribution in [1.29, 1.82) is 0 Å². The molecule has 0 unspecified atom stereocenters. The topological polar surface area (TPSA) is 32.5 Å². The summed E-state index contributed by atoms with van der Waals surface area (Å²) >= 11 is 0. The summed E-state index contributed by atoms with van der Waals surface area (Å²) in [4.78, 5) is 0. The van der Waals surface area contributed by atoms with E-state index < -0.39 is 0 Å². The average molecular weight is 143 g/mol. The third-order valence-corrected chi connectivity index (χ3v) is 2.03. The van der Waals surface area contributed by atoms with Gasteiger partial charge in [0.1, 0.15) is 0 Å². The maximum atomic E-state index is 5.60. The Bertz CT molecular complexity index is 84.9. The van der Waals surface area contributed by atoms with Gasteiger partial charge in [0.15, 0.2) is 0 Å². The van der Waals surface area contributed by atoms with Crippen molar-refractivity contribution >= 4 is 0 Å². The van der Waals surface area contributed by atoms with Crippen LogP contribution in [0.1, 0.15) is 25.7 Å². The first-order valence-electron chi connectivity index (χ1n) is 4.04. The zero-order valence-corrected chi connectivity index (χ0v) is 6.71. The highest BCUT2D eigenvalue weighted by molar-refractivity contribution is 4.57. The second-order valence-electron chi connectivity index (χ2n) is 2.94. The Morgan fingerprint density at radius 1 is 1.10 bits per heavy atom. The van der Waals surface area contributed by atoms with Gasteiger partial charge in [0, 0.05) is 20.1 Å². The van der Waals surface area contributed by atoms with E-state index in [0.717, 1.165) is 13.1 Å². The Hall–Kier alpha value is -0.120. The van der Waals surface area contributed by atoms with Gasteiger partial charge in [-0.3, -0.25) is 5.84 Å². The van der Waals surface area contributed by atoms with Crippen molar-refractivity contribution in [3.63, 3.8) is 0 Å². The smallest absolute Gasteiger partial charge is 0.0174 e. The van der Waals surface area contributed by atoms with Gasteiger partial charge in [0.05, 0.1) is 0 Å². The van der Waals surface area contributed by atoms with Crippen LogP contribution in [0.25, 0.3) is 0 Å². The van der Waals surface area contributed by atoms with E-state index in [1.54, 1.807) is 5.12 Å². The maximum absolute atomic E-state index is 5.60. The number of hydrogen-bond acceptors (Lipinski definition) is 3. The molecule has 1 aliphatic rings. The minimum Gasteiger partial charge on any atom is -0.255 e. The van der Waals surface area contributed by atoms with Gasteiger partial charge in [-0.15, -0.1) is 0 Å². The lowest BCUT2D eigenvalue weighted by Crippen LogP contribution is -2.44. The lowest BCUT2D eigenvalue weighted by atomic mass is 10.2. The van der Waals surface area contributed by atoms with Gasteiger partial charge in [-0.2, -0.15) is 5.12 Å². The molecular formula is C7H17N3. The summed E-state index contributed by atoms with van der Waals surface area (Å²) < 4.78 is 0. The lowest BCUT2D eigenvalue weighted by Gasteiger charge is -2.26. The van der Waals surface area contributed by atoms with E-state index in [1.807, 2.05) is 7.05 Å². The summed E-state index contributed by atoms with van der Waals surface area (Å²) in [6, 6.07) is 0. The van der Waals surface area contributed by atoms with Gasteiger partial charge in [-0.25, -0.2) is 5.01 Å². The molecule has 2 N–H and O–H groups in total. The van der Waals surface area contributed by atoms with Crippen LogP contribution in [0, 0.1) is 0 Å². The number of hydrazine groups is 2. The van der Waals surface area contributed by atoms with Crippen molar-refractivity contribution in [2.45, 2.75) is 25.7 Å². The molecule has 1 saturated heterocycles. The Morgan fingerprint density at radius 3 is 2.00 bits per heavy atom. The van der Waals surface area contributed by atoms with Crippen molar-refractivity contribution in [1.82, 2.24) is 10.1 Å². The highest BCUT2D eigenvalue weighted by Gasteiger charge is 2.09. The molecule has 0 aromatic carbocycles. The van der Waals surface area contributed by atoms with Crippen molar-refractivity contribution < 1.29 is 0 Å². The molecule has 0 spiro atoms. The van der Waals surface area contributed by atoms with Crippen LogP contribution in [0.3, 0.4) is 0 Å². The molecule has 0 radical (unpaired) electrons. The van der Waals surface area contributed by atoms with Crippen LogP contribution in [0.2, 0.25) is 0 Å². The molecule has 0 aromatic rings. The molecule has 1 heterocycles. The fraction of sp³-hybridized carbons (Fsp3) is 1.00. The highest BCUT2D eigenvalue weighted by atomic mass is 15.7. The molecule has 0 aromatic heterocycles. The van der Waals surface area contributed by atoms with Crippen molar-refractivity contribution in [2.24, 2.45) is 5.84 Å². The minimum atomic E-state index is 1.13.